The van der Waals surface area contributed by atoms with E-state index in [-0.39, 0.29) is 16.7 Å². The van der Waals surface area contributed by atoms with E-state index in [4.69, 9.17) is 16.3 Å². The van der Waals surface area contributed by atoms with E-state index in [9.17, 15) is 4.79 Å². The number of carbonyl (C=O) groups is 1. The number of nitrogen functional groups attached to an aromatic ring is 1. The van der Waals surface area contributed by atoms with Crippen LogP contribution in [0.3, 0.4) is 0 Å². The number of amides is 1. The molecule has 0 aliphatic carbocycles. The lowest BCUT2D eigenvalue weighted by Crippen LogP contribution is -2.14. The molecule has 0 unspecified atom stereocenters. The second-order valence-corrected chi connectivity index (χ2v) is 3.90. The summed E-state index contributed by atoms with van der Waals surface area (Å²) in [7, 11) is 0. The zero-order valence-corrected chi connectivity index (χ0v) is 10.3. The first-order valence-corrected chi connectivity index (χ1v) is 5.61. The Hall–Kier alpha value is -3.38. The molecule has 20 heavy (non-hydrogen) atoms. The Morgan fingerprint density at radius 1 is 1.20 bits per heavy atom. The van der Waals surface area contributed by atoms with Crippen LogP contribution >= 0.6 is 0 Å². The molecule has 0 bridgehead atoms. The van der Waals surface area contributed by atoms with Gasteiger partial charge < -0.3 is 11.1 Å². The highest BCUT2D eigenvalue weighted by Crippen LogP contribution is 2.17. The Bertz CT molecular complexity index is 755. The highest BCUT2D eigenvalue weighted by Gasteiger charge is 2.11. The van der Waals surface area contributed by atoms with Gasteiger partial charge >= 0.3 is 0 Å². The van der Waals surface area contributed by atoms with Crippen LogP contribution in [0.25, 0.3) is 0 Å². The smallest absolute Gasteiger partial charge is 0.259 e. The summed E-state index contributed by atoms with van der Waals surface area (Å²) in [6, 6.07) is 9.78. The van der Waals surface area contributed by atoms with Crippen molar-refractivity contribution in [2.75, 3.05) is 11.1 Å². The largest absolute Gasteiger partial charge is 0.398 e. The van der Waals surface area contributed by atoms with Gasteiger partial charge in [0.2, 0.25) is 0 Å². The predicted molar refractivity (Wildman–Crippen MR) is 72.5 cm³/mol. The summed E-state index contributed by atoms with van der Waals surface area (Å²) in [5, 5.41) is 20.4. The molecule has 0 aliphatic heterocycles. The molecule has 6 heteroatoms. The van der Waals surface area contributed by atoms with E-state index >= 15 is 0 Å². The van der Waals surface area contributed by atoms with Crippen molar-refractivity contribution in [1.29, 1.82) is 10.5 Å². The highest BCUT2D eigenvalue weighted by molar-refractivity contribution is 6.07. The van der Waals surface area contributed by atoms with Gasteiger partial charge in [0, 0.05) is 23.8 Å². The molecule has 0 fully saturated rings. The predicted octanol–water partition coefficient (Wildman–Crippen LogP) is 1.66. The van der Waals surface area contributed by atoms with E-state index < -0.39 is 5.91 Å². The van der Waals surface area contributed by atoms with Crippen LogP contribution in [0.1, 0.15) is 21.5 Å². The fraction of sp³-hybridized carbons (Fsp3) is 0. The van der Waals surface area contributed by atoms with Gasteiger partial charge in [0.25, 0.3) is 5.91 Å². The van der Waals surface area contributed by atoms with Crippen LogP contribution in [0.4, 0.5) is 11.4 Å². The number of nitriles is 2. The number of nitrogens with one attached hydrogen (secondary N) is 1. The van der Waals surface area contributed by atoms with Gasteiger partial charge in [-0.25, -0.2) is 0 Å². The van der Waals surface area contributed by atoms with Gasteiger partial charge in [0.15, 0.2) is 0 Å². The van der Waals surface area contributed by atoms with Gasteiger partial charge in [0.1, 0.15) is 12.1 Å². The quantitative estimate of drug-likeness (QED) is 0.854. The Labute approximate surface area is 115 Å². The number of nitrogens with zero attached hydrogens (tertiary/aromatic N) is 3. The lowest BCUT2D eigenvalue weighted by molar-refractivity contribution is 0.102. The van der Waals surface area contributed by atoms with Crippen molar-refractivity contribution in [2.45, 2.75) is 0 Å². The summed E-state index contributed by atoms with van der Waals surface area (Å²) in [6.45, 7) is 0. The molecule has 0 spiro atoms. The number of benzene rings is 1. The number of pyridine rings is 1. The minimum absolute atomic E-state index is 0.199. The Morgan fingerprint density at radius 2 is 1.95 bits per heavy atom. The zero-order chi connectivity index (χ0) is 14.5. The van der Waals surface area contributed by atoms with Crippen LogP contribution in [0.15, 0.2) is 36.7 Å². The molecule has 96 valence electrons. The molecule has 6 nitrogen and oxygen atoms in total. The molecule has 2 rings (SSSR count). The minimum atomic E-state index is -0.427. The number of nitrogens with two attached hydrogens (primary N) is 1. The van der Waals surface area contributed by atoms with E-state index in [1.165, 1.54) is 30.6 Å². The van der Waals surface area contributed by atoms with Gasteiger partial charge in [-0.05, 0) is 24.3 Å². The van der Waals surface area contributed by atoms with Crippen molar-refractivity contribution >= 4 is 17.3 Å². The molecule has 0 saturated heterocycles. The van der Waals surface area contributed by atoms with E-state index in [2.05, 4.69) is 10.3 Å². The number of carbonyl (C=O) groups excluding carboxylic acids is 1. The summed E-state index contributed by atoms with van der Waals surface area (Å²) in [5.74, 6) is -0.427. The molecule has 0 saturated carbocycles. The molecule has 3 N–H and O–H groups in total. The first-order valence-electron chi connectivity index (χ1n) is 5.61. The number of anilines is 2. The maximum Gasteiger partial charge on any atom is 0.259 e. The van der Waals surface area contributed by atoms with Crippen molar-refractivity contribution in [3.05, 3.63) is 53.3 Å². The number of hydrogen-bond acceptors (Lipinski definition) is 5. The second kappa shape index (κ2) is 5.51. The normalized spacial score (nSPS) is 9.30. The van der Waals surface area contributed by atoms with Gasteiger partial charge in [0.05, 0.1) is 16.7 Å². The third-order valence-electron chi connectivity index (χ3n) is 2.62. The maximum atomic E-state index is 12.0. The number of rotatable bonds is 2. The first-order chi connectivity index (χ1) is 9.65. The number of aromatic nitrogens is 1. The van der Waals surface area contributed by atoms with Crippen LogP contribution in [0.2, 0.25) is 0 Å². The molecule has 0 aliphatic rings. The fourth-order valence-corrected chi connectivity index (χ4v) is 1.61. The average Bonchev–Trinajstić information content (AvgIpc) is 2.47. The molecule has 1 aromatic carbocycles. The van der Waals surface area contributed by atoms with Crippen LogP contribution in [0, 0.1) is 22.7 Å². The molecule has 0 radical (unpaired) electrons. The SMILES string of the molecule is N#Cc1ccc(NC(=O)c2cnccc2N)cc1C#N. The highest BCUT2D eigenvalue weighted by atomic mass is 16.1. The van der Waals surface area contributed by atoms with E-state index in [0.29, 0.717) is 11.4 Å². The van der Waals surface area contributed by atoms with Crippen molar-refractivity contribution in [1.82, 2.24) is 4.98 Å². The maximum absolute atomic E-state index is 12.0. The lowest BCUT2D eigenvalue weighted by Gasteiger charge is -2.07. The topological polar surface area (TPSA) is 116 Å². The van der Waals surface area contributed by atoms with Crippen LogP contribution in [0.5, 0.6) is 0 Å². The zero-order valence-electron chi connectivity index (χ0n) is 10.3. The molecule has 0 atom stereocenters. The molecule has 1 aromatic heterocycles. The number of hydrogen-bond donors (Lipinski definition) is 2. The van der Waals surface area contributed by atoms with Crippen LogP contribution in [-0.4, -0.2) is 10.9 Å². The molecule has 1 amide bonds. The van der Waals surface area contributed by atoms with Crippen molar-refractivity contribution in [3.63, 3.8) is 0 Å². The van der Waals surface area contributed by atoms with Gasteiger partial charge in [-0.15, -0.1) is 0 Å². The van der Waals surface area contributed by atoms with E-state index in [0.717, 1.165) is 0 Å². The van der Waals surface area contributed by atoms with E-state index in [1.54, 1.807) is 6.07 Å². The second-order valence-electron chi connectivity index (χ2n) is 3.90. The molecule has 2 aromatic rings. The van der Waals surface area contributed by atoms with Crippen molar-refractivity contribution in [2.24, 2.45) is 0 Å². The summed E-state index contributed by atoms with van der Waals surface area (Å²) in [5.41, 5.74) is 7.10. The Morgan fingerprint density at radius 3 is 2.60 bits per heavy atom. The minimum Gasteiger partial charge on any atom is -0.398 e. The molecular weight excluding hydrogens is 254 g/mol. The summed E-state index contributed by atoms with van der Waals surface area (Å²) >= 11 is 0. The van der Waals surface area contributed by atoms with Gasteiger partial charge in [-0.3, -0.25) is 9.78 Å². The van der Waals surface area contributed by atoms with Crippen LogP contribution < -0.4 is 11.1 Å². The third kappa shape index (κ3) is 2.55. The summed E-state index contributed by atoms with van der Waals surface area (Å²) < 4.78 is 0. The summed E-state index contributed by atoms with van der Waals surface area (Å²) in [4.78, 5) is 15.8. The summed E-state index contributed by atoms with van der Waals surface area (Å²) in [6.07, 6.45) is 2.85. The Kier molecular flexibility index (Phi) is 3.60. The average molecular weight is 263 g/mol. The molecule has 1 heterocycles. The lowest BCUT2D eigenvalue weighted by atomic mass is 10.1. The monoisotopic (exact) mass is 263 g/mol. The third-order valence-corrected chi connectivity index (χ3v) is 2.62. The first kappa shape index (κ1) is 13.1. The van der Waals surface area contributed by atoms with Gasteiger partial charge in [-0.1, -0.05) is 0 Å². The Balaban J connectivity index is 2.28. The fourth-order valence-electron chi connectivity index (χ4n) is 1.61. The van der Waals surface area contributed by atoms with Crippen molar-refractivity contribution in [3.8, 4) is 12.1 Å². The standard InChI is InChI=1S/C14H9N5O/c15-6-9-1-2-11(5-10(9)7-16)19-14(20)12-8-18-4-3-13(12)17/h1-5,8H,(H2,17,18)(H,19,20). The van der Waals surface area contributed by atoms with Crippen LogP contribution in [-0.2, 0) is 0 Å². The van der Waals surface area contributed by atoms with Crippen molar-refractivity contribution < 1.29 is 4.79 Å². The molecular formula is C14H9N5O. The van der Waals surface area contributed by atoms with Gasteiger partial charge in [-0.2, -0.15) is 10.5 Å². The van der Waals surface area contributed by atoms with E-state index in [1.807, 2.05) is 12.1 Å².